The van der Waals surface area contributed by atoms with Gasteiger partial charge in [-0.2, -0.15) is 0 Å². The van der Waals surface area contributed by atoms with E-state index in [0.717, 1.165) is 11.3 Å². The first-order valence-corrected chi connectivity index (χ1v) is 13.3. The molecule has 3 aromatic carbocycles. The molecular formula is C27H26Cl2N4O4S. The molecule has 8 nitrogen and oxygen atoms in total. The fourth-order valence-electron chi connectivity index (χ4n) is 3.73. The minimum absolute atomic E-state index is 0.327. The first-order chi connectivity index (χ1) is 18.3. The van der Waals surface area contributed by atoms with E-state index >= 15 is 0 Å². The molecule has 0 saturated heterocycles. The lowest BCUT2D eigenvalue weighted by molar-refractivity contribution is 0.0937. The fourth-order valence-corrected chi connectivity index (χ4v) is 5.00. The number of aromatic nitrogens is 3. The number of methoxy groups -OCH3 is 3. The number of thioether (sulfide) groups is 1. The van der Waals surface area contributed by atoms with Crippen molar-refractivity contribution in [2.45, 2.75) is 23.9 Å². The summed E-state index contributed by atoms with van der Waals surface area (Å²) >= 11 is 14.4. The highest BCUT2D eigenvalue weighted by atomic mass is 35.5. The van der Waals surface area contributed by atoms with Crippen molar-refractivity contribution >= 4 is 40.9 Å². The van der Waals surface area contributed by atoms with Crippen LogP contribution in [0.5, 0.6) is 17.2 Å². The van der Waals surface area contributed by atoms with Crippen molar-refractivity contribution in [3.8, 4) is 22.9 Å². The molecule has 1 unspecified atom stereocenters. The van der Waals surface area contributed by atoms with Crippen molar-refractivity contribution in [1.82, 2.24) is 20.1 Å². The number of benzene rings is 3. The summed E-state index contributed by atoms with van der Waals surface area (Å²) in [5.74, 6) is 2.56. The Labute approximate surface area is 235 Å². The van der Waals surface area contributed by atoms with Crippen LogP contribution in [-0.2, 0) is 5.75 Å². The molecule has 1 heterocycles. The topological polar surface area (TPSA) is 87.5 Å². The van der Waals surface area contributed by atoms with E-state index < -0.39 is 6.04 Å². The van der Waals surface area contributed by atoms with E-state index in [4.69, 9.17) is 37.4 Å². The summed E-state index contributed by atoms with van der Waals surface area (Å²) in [6.07, 6.45) is 0. The third-order valence-corrected chi connectivity index (χ3v) is 7.21. The molecule has 0 radical (unpaired) electrons. The molecule has 0 saturated carbocycles. The highest BCUT2D eigenvalue weighted by molar-refractivity contribution is 7.98. The van der Waals surface area contributed by atoms with Gasteiger partial charge in [-0.1, -0.05) is 47.1 Å². The Hall–Kier alpha value is -3.40. The lowest BCUT2D eigenvalue weighted by Crippen LogP contribution is -2.28. The van der Waals surface area contributed by atoms with Gasteiger partial charge in [0.1, 0.15) is 17.2 Å². The summed E-state index contributed by atoms with van der Waals surface area (Å²) in [4.78, 5) is 13.2. The maximum Gasteiger partial charge on any atom is 0.252 e. The Morgan fingerprint density at radius 1 is 0.947 bits per heavy atom. The molecule has 1 N–H and O–H groups in total. The summed E-state index contributed by atoms with van der Waals surface area (Å²) in [5.41, 5.74) is 2.04. The zero-order valence-corrected chi connectivity index (χ0v) is 23.5. The number of amides is 1. The van der Waals surface area contributed by atoms with E-state index in [2.05, 4.69) is 15.5 Å². The summed E-state index contributed by atoms with van der Waals surface area (Å²) < 4.78 is 17.7. The number of hydrogen-bond donors (Lipinski definition) is 1. The van der Waals surface area contributed by atoms with Gasteiger partial charge in [-0.3, -0.25) is 9.36 Å². The first kappa shape index (κ1) is 27.6. The van der Waals surface area contributed by atoms with Crippen LogP contribution in [0.1, 0.15) is 34.7 Å². The van der Waals surface area contributed by atoms with Crippen LogP contribution in [0.3, 0.4) is 0 Å². The number of nitrogens with zero attached hydrogens (tertiary/aromatic N) is 3. The molecule has 0 spiro atoms. The second kappa shape index (κ2) is 12.4. The number of carbonyl (C=O) groups is 1. The van der Waals surface area contributed by atoms with Gasteiger partial charge in [-0.15, -0.1) is 10.2 Å². The predicted molar refractivity (Wildman–Crippen MR) is 149 cm³/mol. The van der Waals surface area contributed by atoms with Crippen molar-refractivity contribution in [2.75, 3.05) is 21.3 Å². The van der Waals surface area contributed by atoms with Gasteiger partial charge in [0.15, 0.2) is 11.0 Å². The number of hydrogen-bond acceptors (Lipinski definition) is 7. The molecule has 4 aromatic rings. The minimum Gasteiger partial charge on any atom is -0.497 e. The van der Waals surface area contributed by atoms with Crippen LogP contribution in [0.25, 0.3) is 5.69 Å². The third-order valence-electron chi connectivity index (χ3n) is 5.66. The number of carbonyl (C=O) groups excluding carboxylic acids is 1. The average Bonchev–Trinajstić information content (AvgIpc) is 3.36. The zero-order chi connectivity index (χ0) is 27.2. The van der Waals surface area contributed by atoms with Gasteiger partial charge in [-0.25, -0.2) is 0 Å². The molecule has 1 amide bonds. The van der Waals surface area contributed by atoms with E-state index in [9.17, 15) is 4.79 Å². The predicted octanol–water partition coefficient (Wildman–Crippen LogP) is 6.38. The van der Waals surface area contributed by atoms with Crippen molar-refractivity contribution in [3.05, 3.63) is 87.7 Å². The van der Waals surface area contributed by atoms with Gasteiger partial charge in [0.05, 0.1) is 38.1 Å². The lowest BCUT2D eigenvalue weighted by Gasteiger charge is -2.18. The molecule has 198 valence electrons. The standard InChI is InChI=1S/C27H26Cl2N4O4S/c1-16(30-26(34)18-11-21(36-3)14-22(12-18)37-4)25-31-32-27(33(25)24-13-19(28)8-9-23(24)29)38-15-17-6-5-7-20(10-17)35-2/h5-14,16H,15H2,1-4H3,(H,30,34). The average molecular weight is 574 g/mol. The number of halogens is 2. The smallest absolute Gasteiger partial charge is 0.252 e. The lowest BCUT2D eigenvalue weighted by atomic mass is 10.1. The molecule has 0 aliphatic rings. The van der Waals surface area contributed by atoms with E-state index in [0.29, 0.717) is 49.5 Å². The molecule has 0 fully saturated rings. The molecule has 0 aliphatic heterocycles. The Kier molecular flexibility index (Phi) is 9.04. The molecule has 11 heteroatoms. The molecule has 0 bridgehead atoms. The first-order valence-electron chi connectivity index (χ1n) is 11.5. The number of rotatable bonds is 10. The summed E-state index contributed by atoms with van der Waals surface area (Å²) in [7, 11) is 4.69. The van der Waals surface area contributed by atoms with E-state index in [1.54, 1.807) is 43.5 Å². The monoisotopic (exact) mass is 572 g/mol. The van der Waals surface area contributed by atoms with Gasteiger partial charge in [-0.05, 0) is 55.0 Å². The third kappa shape index (κ3) is 6.35. The highest BCUT2D eigenvalue weighted by Gasteiger charge is 2.23. The van der Waals surface area contributed by atoms with Gasteiger partial charge in [0.2, 0.25) is 0 Å². The van der Waals surface area contributed by atoms with Gasteiger partial charge < -0.3 is 19.5 Å². The van der Waals surface area contributed by atoms with Crippen LogP contribution in [0.2, 0.25) is 10.0 Å². The quantitative estimate of drug-likeness (QED) is 0.220. The fraction of sp³-hybridized carbons (Fsp3) is 0.222. The largest absolute Gasteiger partial charge is 0.497 e. The van der Waals surface area contributed by atoms with Crippen molar-refractivity contribution < 1.29 is 19.0 Å². The van der Waals surface area contributed by atoms with Crippen LogP contribution in [-0.4, -0.2) is 42.0 Å². The molecule has 0 aliphatic carbocycles. The second-order valence-corrected chi connectivity index (χ2v) is 9.99. The maximum absolute atomic E-state index is 13.2. The van der Waals surface area contributed by atoms with Gasteiger partial charge in [0.25, 0.3) is 5.91 Å². The van der Waals surface area contributed by atoms with Crippen LogP contribution in [0.4, 0.5) is 0 Å². The van der Waals surface area contributed by atoms with Crippen LogP contribution in [0, 0.1) is 0 Å². The maximum atomic E-state index is 13.2. The summed E-state index contributed by atoms with van der Waals surface area (Å²) in [6.45, 7) is 1.82. The summed E-state index contributed by atoms with van der Waals surface area (Å²) in [5, 5.41) is 13.4. The Balaban J connectivity index is 1.66. The molecule has 38 heavy (non-hydrogen) atoms. The number of nitrogens with one attached hydrogen (secondary N) is 1. The van der Waals surface area contributed by atoms with Crippen molar-refractivity contribution in [1.29, 1.82) is 0 Å². The van der Waals surface area contributed by atoms with Crippen LogP contribution in [0.15, 0.2) is 65.8 Å². The molecule has 1 aromatic heterocycles. The Morgan fingerprint density at radius 3 is 2.34 bits per heavy atom. The van der Waals surface area contributed by atoms with Crippen LogP contribution >= 0.6 is 35.0 Å². The van der Waals surface area contributed by atoms with Crippen LogP contribution < -0.4 is 19.5 Å². The molecular weight excluding hydrogens is 547 g/mol. The van der Waals surface area contributed by atoms with Gasteiger partial charge >= 0.3 is 0 Å². The minimum atomic E-state index is -0.534. The zero-order valence-electron chi connectivity index (χ0n) is 21.2. The second-order valence-electron chi connectivity index (χ2n) is 8.21. The van der Waals surface area contributed by atoms with E-state index in [1.807, 2.05) is 35.8 Å². The van der Waals surface area contributed by atoms with Crippen molar-refractivity contribution in [2.24, 2.45) is 0 Å². The van der Waals surface area contributed by atoms with E-state index in [1.165, 1.54) is 26.0 Å². The van der Waals surface area contributed by atoms with Gasteiger partial charge in [0, 0.05) is 22.4 Å². The normalized spacial score (nSPS) is 11.6. The molecule has 1 atom stereocenters. The number of ether oxygens (including phenoxy) is 3. The van der Waals surface area contributed by atoms with E-state index in [-0.39, 0.29) is 5.91 Å². The Bertz CT molecular complexity index is 1420. The summed E-state index contributed by atoms with van der Waals surface area (Å²) in [6, 6.07) is 17.4. The SMILES string of the molecule is COc1cccc(CSc2nnc(C(C)NC(=O)c3cc(OC)cc(OC)c3)n2-c2cc(Cl)ccc2Cl)c1. The van der Waals surface area contributed by atoms with Crippen molar-refractivity contribution in [3.63, 3.8) is 0 Å². The Morgan fingerprint density at radius 2 is 1.66 bits per heavy atom. The highest BCUT2D eigenvalue weighted by Crippen LogP contribution is 2.33. The molecule has 4 rings (SSSR count).